The molecule has 118 valence electrons. The van der Waals surface area contributed by atoms with Crippen LogP contribution in [0.15, 0.2) is 30.5 Å². The highest BCUT2D eigenvalue weighted by Gasteiger charge is 2.28. The molecule has 1 saturated heterocycles. The first-order valence-corrected chi connectivity index (χ1v) is 7.74. The number of para-hydroxylation sites is 1. The highest BCUT2D eigenvalue weighted by atomic mass is 16.3. The molecule has 0 spiro atoms. The molecular weight excluding hydrogens is 280 g/mol. The van der Waals surface area contributed by atoms with Crippen molar-refractivity contribution in [2.24, 2.45) is 13.0 Å². The van der Waals surface area contributed by atoms with Crippen molar-refractivity contribution in [1.82, 2.24) is 9.47 Å². The van der Waals surface area contributed by atoms with Crippen LogP contribution < -0.4 is 0 Å². The minimum absolute atomic E-state index is 0.0498. The molecule has 0 saturated carbocycles. The number of carbonyl (C=O) groups is 1. The lowest BCUT2D eigenvalue weighted by molar-refractivity contribution is 0.0179. The van der Waals surface area contributed by atoms with Gasteiger partial charge in [-0.1, -0.05) is 18.2 Å². The number of hydrogen-bond acceptors (Lipinski definition) is 3. The second-order valence-corrected chi connectivity index (χ2v) is 6.05. The van der Waals surface area contributed by atoms with Gasteiger partial charge in [0, 0.05) is 37.2 Å². The van der Waals surface area contributed by atoms with Gasteiger partial charge in [0.1, 0.15) is 0 Å². The number of likely N-dealkylation sites (tertiary alicyclic amines) is 1. The van der Waals surface area contributed by atoms with Gasteiger partial charge >= 0.3 is 0 Å². The number of amides is 1. The van der Waals surface area contributed by atoms with Crippen LogP contribution >= 0.6 is 0 Å². The molecule has 1 aromatic carbocycles. The maximum atomic E-state index is 12.8. The molecule has 1 aliphatic rings. The van der Waals surface area contributed by atoms with Crippen molar-refractivity contribution in [3.05, 3.63) is 36.0 Å². The summed E-state index contributed by atoms with van der Waals surface area (Å²) < 4.78 is 1.98. The second-order valence-electron chi connectivity index (χ2n) is 6.05. The third-order valence-corrected chi connectivity index (χ3v) is 4.69. The molecule has 0 bridgehead atoms. The normalized spacial score (nSPS) is 17.9. The Kier molecular flexibility index (Phi) is 4.18. The Hall–Kier alpha value is -1.85. The van der Waals surface area contributed by atoms with Gasteiger partial charge in [-0.15, -0.1) is 0 Å². The van der Waals surface area contributed by atoms with Gasteiger partial charge in [0.2, 0.25) is 0 Å². The Labute approximate surface area is 129 Å². The Morgan fingerprint density at radius 1 is 1.32 bits per heavy atom. The van der Waals surface area contributed by atoms with Crippen molar-refractivity contribution in [3.63, 3.8) is 0 Å². The summed E-state index contributed by atoms with van der Waals surface area (Å²) >= 11 is 0. The molecule has 3 rings (SSSR count). The third-order valence-electron chi connectivity index (χ3n) is 4.69. The van der Waals surface area contributed by atoms with Gasteiger partial charge in [-0.05, 0) is 24.8 Å². The molecule has 0 aliphatic carbocycles. The molecule has 22 heavy (non-hydrogen) atoms. The average Bonchev–Trinajstić information content (AvgIpc) is 2.91. The van der Waals surface area contributed by atoms with E-state index in [1.54, 1.807) is 0 Å². The molecule has 5 heteroatoms. The largest absolute Gasteiger partial charge is 0.394 e. The van der Waals surface area contributed by atoms with Crippen LogP contribution in [0.4, 0.5) is 0 Å². The van der Waals surface area contributed by atoms with Crippen LogP contribution in [0.5, 0.6) is 0 Å². The number of rotatable bonds is 3. The van der Waals surface area contributed by atoms with Crippen molar-refractivity contribution in [2.45, 2.75) is 18.9 Å². The summed E-state index contributed by atoms with van der Waals surface area (Å²) in [5.74, 6) is 0.135. The third kappa shape index (κ3) is 2.62. The quantitative estimate of drug-likeness (QED) is 0.900. The van der Waals surface area contributed by atoms with Gasteiger partial charge in [0.05, 0.1) is 18.3 Å². The van der Waals surface area contributed by atoms with Gasteiger partial charge in [-0.3, -0.25) is 4.79 Å². The van der Waals surface area contributed by atoms with Crippen molar-refractivity contribution >= 4 is 16.8 Å². The molecule has 2 aromatic rings. The highest BCUT2D eigenvalue weighted by molar-refractivity contribution is 6.07. The smallest absolute Gasteiger partial charge is 0.256 e. The fourth-order valence-electron chi connectivity index (χ4n) is 3.32. The minimum Gasteiger partial charge on any atom is -0.394 e. The van der Waals surface area contributed by atoms with Crippen LogP contribution in [0.1, 0.15) is 23.2 Å². The van der Waals surface area contributed by atoms with Crippen molar-refractivity contribution in [2.75, 3.05) is 19.7 Å². The summed E-state index contributed by atoms with van der Waals surface area (Å²) in [4.78, 5) is 14.6. The number of aliphatic hydroxyl groups is 2. The Balaban J connectivity index is 1.77. The first kappa shape index (κ1) is 15.1. The summed E-state index contributed by atoms with van der Waals surface area (Å²) in [6.45, 7) is 1.05. The molecule has 2 N–H and O–H groups in total. The van der Waals surface area contributed by atoms with Crippen molar-refractivity contribution in [1.29, 1.82) is 0 Å². The Morgan fingerprint density at radius 3 is 2.68 bits per heavy atom. The average molecular weight is 302 g/mol. The molecule has 1 amide bonds. The SMILES string of the molecule is Cn1cc(C(=O)N2CCC(C(O)CO)CC2)c2ccccc21. The molecule has 1 aliphatic heterocycles. The lowest BCUT2D eigenvalue weighted by atomic mass is 9.91. The predicted octanol–water partition coefficient (Wildman–Crippen LogP) is 1.38. The molecule has 1 unspecified atom stereocenters. The fraction of sp³-hybridized carbons (Fsp3) is 0.471. The summed E-state index contributed by atoms with van der Waals surface area (Å²) in [6, 6.07) is 7.90. The standard InChI is InChI=1S/C17H22N2O3/c1-18-10-14(13-4-2-3-5-15(13)18)17(22)19-8-6-12(7-9-19)16(21)11-20/h2-5,10,12,16,20-21H,6-9,11H2,1H3. The zero-order chi connectivity index (χ0) is 15.7. The molecule has 5 nitrogen and oxygen atoms in total. The van der Waals surface area contributed by atoms with E-state index >= 15 is 0 Å². The topological polar surface area (TPSA) is 65.7 Å². The number of hydrogen-bond donors (Lipinski definition) is 2. The highest BCUT2D eigenvalue weighted by Crippen LogP contribution is 2.25. The molecule has 2 heterocycles. The van der Waals surface area contributed by atoms with E-state index in [4.69, 9.17) is 5.11 Å². The Bertz CT molecular complexity index is 672. The van der Waals surface area contributed by atoms with E-state index in [0.717, 1.165) is 29.3 Å². The maximum absolute atomic E-state index is 12.8. The molecule has 1 atom stereocenters. The lowest BCUT2D eigenvalue weighted by Gasteiger charge is -2.33. The van der Waals surface area contributed by atoms with E-state index in [0.29, 0.717) is 13.1 Å². The number of aromatic nitrogens is 1. The van der Waals surface area contributed by atoms with Crippen LogP contribution in [-0.4, -0.2) is 51.4 Å². The minimum atomic E-state index is -0.671. The van der Waals surface area contributed by atoms with E-state index in [2.05, 4.69) is 0 Å². The molecule has 1 fully saturated rings. The second kappa shape index (κ2) is 6.10. The predicted molar refractivity (Wildman–Crippen MR) is 84.6 cm³/mol. The number of piperidine rings is 1. The summed E-state index contributed by atoms with van der Waals surface area (Å²) in [5, 5.41) is 19.7. The van der Waals surface area contributed by atoms with Crippen LogP contribution in [0.25, 0.3) is 10.9 Å². The Morgan fingerprint density at radius 2 is 2.00 bits per heavy atom. The van der Waals surface area contributed by atoms with Crippen molar-refractivity contribution in [3.8, 4) is 0 Å². The van der Waals surface area contributed by atoms with E-state index in [1.165, 1.54) is 0 Å². The number of aryl methyl sites for hydroxylation is 1. The molecule has 0 radical (unpaired) electrons. The van der Waals surface area contributed by atoms with Gasteiger partial charge in [-0.2, -0.15) is 0 Å². The monoisotopic (exact) mass is 302 g/mol. The summed E-state index contributed by atoms with van der Waals surface area (Å²) in [7, 11) is 1.95. The van der Waals surface area contributed by atoms with Gasteiger partial charge in [-0.25, -0.2) is 0 Å². The first-order valence-electron chi connectivity index (χ1n) is 7.74. The van der Waals surface area contributed by atoms with Crippen LogP contribution in [-0.2, 0) is 7.05 Å². The van der Waals surface area contributed by atoms with E-state index in [9.17, 15) is 9.90 Å². The van der Waals surface area contributed by atoms with Crippen LogP contribution in [0, 0.1) is 5.92 Å². The van der Waals surface area contributed by atoms with Gasteiger partial charge in [0.15, 0.2) is 0 Å². The van der Waals surface area contributed by atoms with E-state index in [-0.39, 0.29) is 18.4 Å². The number of nitrogens with zero attached hydrogens (tertiary/aromatic N) is 2. The van der Waals surface area contributed by atoms with Crippen LogP contribution in [0.3, 0.4) is 0 Å². The fourth-order valence-corrected chi connectivity index (χ4v) is 3.32. The maximum Gasteiger partial charge on any atom is 0.256 e. The lowest BCUT2D eigenvalue weighted by Crippen LogP contribution is -2.41. The van der Waals surface area contributed by atoms with Crippen LogP contribution in [0.2, 0.25) is 0 Å². The zero-order valence-corrected chi connectivity index (χ0v) is 12.8. The first-order chi connectivity index (χ1) is 10.6. The molecular formula is C17H22N2O3. The number of fused-ring (bicyclic) bond motifs is 1. The van der Waals surface area contributed by atoms with Crippen molar-refractivity contribution < 1.29 is 15.0 Å². The zero-order valence-electron chi connectivity index (χ0n) is 12.8. The van der Waals surface area contributed by atoms with E-state index < -0.39 is 6.10 Å². The summed E-state index contributed by atoms with van der Waals surface area (Å²) in [6.07, 6.45) is 2.69. The van der Waals surface area contributed by atoms with Gasteiger partial charge < -0.3 is 19.7 Å². The summed E-state index contributed by atoms with van der Waals surface area (Å²) in [5.41, 5.74) is 1.79. The molecule has 1 aromatic heterocycles. The number of aliphatic hydroxyl groups excluding tert-OH is 2. The number of benzene rings is 1. The number of carbonyl (C=O) groups excluding carboxylic acids is 1. The van der Waals surface area contributed by atoms with E-state index in [1.807, 2.05) is 47.0 Å². The van der Waals surface area contributed by atoms with Gasteiger partial charge in [0.25, 0.3) is 5.91 Å².